The highest BCUT2D eigenvalue weighted by molar-refractivity contribution is 6.50. The van der Waals surface area contributed by atoms with Crippen LogP contribution in [0.25, 0.3) is 0 Å². The molecule has 0 amide bonds. The molecule has 0 heterocycles. The lowest BCUT2D eigenvalue weighted by Crippen LogP contribution is -2.11. The molecule has 1 atom stereocenters. The van der Waals surface area contributed by atoms with E-state index in [0.29, 0.717) is 0 Å². The first-order chi connectivity index (χ1) is 7.33. The first kappa shape index (κ1) is 12.5. The largest absolute Gasteiger partial charge is 0.435 e. The van der Waals surface area contributed by atoms with Crippen molar-refractivity contribution in [1.82, 2.24) is 0 Å². The fourth-order valence-corrected chi connectivity index (χ4v) is 3.61. The molecule has 2 heteroatoms. The molecule has 0 bridgehead atoms. The van der Waals surface area contributed by atoms with Gasteiger partial charge >= 0.3 is 0 Å². The Kier molecular flexibility index (Phi) is 6.36. The van der Waals surface area contributed by atoms with Gasteiger partial charge in [-0.3, -0.25) is 0 Å². The molecule has 1 unspecified atom stereocenters. The molecule has 0 fully saturated rings. The van der Waals surface area contributed by atoms with Crippen LogP contribution in [0.1, 0.15) is 31.7 Å². The van der Waals surface area contributed by atoms with E-state index in [0.717, 1.165) is 24.9 Å². The second kappa shape index (κ2) is 7.66. The fourth-order valence-electron chi connectivity index (χ4n) is 1.77. The van der Waals surface area contributed by atoms with Crippen LogP contribution >= 0.6 is 0 Å². The monoisotopic (exact) mass is 222 g/mol. The van der Waals surface area contributed by atoms with Gasteiger partial charge < -0.3 is 4.80 Å². The smallest absolute Gasteiger partial charge is 0.172 e. The van der Waals surface area contributed by atoms with Crippen molar-refractivity contribution in [3.8, 4) is 0 Å². The van der Waals surface area contributed by atoms with Crippen molar-refractivity contribution < 1.29 is 4.80 Å². The number of hydrogen-bond acceptors (Lipinski definition) is 1. The minimum Gasteiger partial charge on any atom is -0.435 e. The second-order valence-corrected chi connectivity index (χ2v) is 6.64. The summed E-state index contributed by atoms with van der Waals surface area (Å²) in [4.78, 5) is 9.80. The van der Waals surface area contributed by atoms with Crippen LogP contribution in [0.3, 0.4) is 0 Å². The fraction of sp³-hybridized carbons (Fsp3) is 0.538. The zero-order valence-electron chi connectivity index (χ0n) is 9.65. The van der Waals surface area contributed by atoms with Crippen LogP contribution < -0.4 is 0 Å². The van der Waals surface area contributed by atoms with E-state index >= 15 is 0 Å². The van der Waals surface area contributed by atoms with Crippen LogP contribution in [0, 0.1) is 0 Å². The van der Waals surface area contributed by atoms with Crippen LogP contribution in [0.4, 0.5) is 0 Å². The first-order valence-electron chi connectivity index (χ1n) is 6.05. The molecule has 1 N–H and O–H groups in total. The van der Waals surface area contributed by atoms with Gasteiger partial charge in [0.25, 0.3) is 0 Å². The third kappa shape index (κ3) is 5.75. The van der Waals surface area contributed by atoms with Gasteiger partial charge in [-0.1, -0.05) is 50.1 Å². The summed E-state index contributed by atoms with van der Waals surface area (Å²) >= 11 is 0. The van der Waals surface area contributed by atoms with Crippen molar-refractivity contribution in [3.05, 3.63) is 35.9 Å². The summed E-state index contributed by atoms with van der Waals surface area (Å²) in [6.45, 7) is 2.19. The van der Waals surface area contributed by atoms with Gasteiger partial charge in [0.05, 0.1) is 0 Å². The lowest BCUT2D eigenvalue weighted by Gasteiger charge is -2.07. The highest BCUT2D eigenvalue weighted by Gasteiger charge is 2.05. The Balaban J connectivity index is 2.11. The third-order valence-corrected chi connectivity index (χ3v) is 4.89. The molecule has 0 saturated heterocycles. The van der Waals surface area contributed by atoms with E-state index in [1.807, 2.05) is 6.07 Å². The van der Waals surface area contributed by atoms with Gasteiger partial charge in [0.2, 0.25) is 0 Å². The Morgan fingerprint density at radius 2 is 1.73 bits per heavy atom. The van der Waals surface area contributed by atoms with Gasteiger partial charge in [0.1, 0.15) is 0 Å². The molecule has 0 radical (unpaired) electrons. The number of hydrogen-bond donors (Lipinski definition) is 1. The SMILES string of the molecule is CCCC[SiH](O)CCCc1ccccc1. The van der Waals surface area contributed by atoms with E-state index in [1.54, 1.807) is 0 Å². The van der Waals surface area contributed by atoms with Crippen LogP contribution in [0.5, 0.6) is 0 Å². The summed E-state index contributed by atoms with van der Waals surface area (Å²) in [5.74, 6) is 0. The second-order valence-electron chi connectivity index (χ2n) is 4.17. The average Bonchev–Trinajstić information content (AvgIpc) is 2.28. The Bertz CT molecular complexity index is 248. The predicted molar refractivity (Wildman–Crippen MR) is 68.7 cm³/mol. The van der Waals surface area contributed by atoms with E-state index in [1.165, 1.54) is 18.4 Å². The number of aryl methyl sites for hydroxylation is 1. The highest BCUT2D eigenvalue weighted by Crippen LogP contribution is 2.09. The van der Waals surface area contributed by atoms with Crippen LogP contribution in [-0.4, -0.2) is 13.8 Å². The van der Waals surface area contributed by atoms with Crippen molar-refractivity contribution >= 4 is 9.04 Å². The van der Waals surface area contributed by atoms with Crippen LogP contribution in [-0.2, 0) is 6.42 Å². The molecule has 0 saturated carbocycles. The zero-order chi connectivity index (χ0) is 10.9. The molecule has 15 heavy (non-hydrogen) atoms. The molecule has 0 spiro atoms. The lowest BCUT2D eigenvalue weighted by molar-refractivity contribution is 0.555. The van der Waals surface area contributed by atoms with Gasteiger partial charge in [0.15, 0.2) is 9.04 Å². The summed E-state index contributed by atoms with van der Waals surface area (Å²) in [6, 6.07) is 12.7. The molecule has 1 aromatic carbocycles. The summed E-state index contributed by atoms with van der Waals surface area (Å²) in [7, 11) is -1.36. The van der Waals surface area contributed by atoms with Crippen molar-refractivity contribution in [1.29, 1.82) is 0 Å². The maximum atomic E-state index is 9.80. The molecule has 0 aliphatic heterocycles. The minimum atomic E-state index is -1.36. The van der Waals surface area contributed by atoms with E-state index in [2.05, 4.69) is 31.2 Å². The Hall–Kier alpha value is -0.603. The van der Waals surface area contributed by atoms with Gasteiger partial charge in [-0.15, -0.1) is 0 Å². The van der Waals surface area contributed by atoms with Crippen molar-refractivity contribution in [2.24, 2.45) is 0 Å². The maximum Gasteiger partial charge on any atom is 0.172 e. The van der Waals surface area contributed by atoms with E-state index in [-0.39, 0.29) is 0 Å². The zero-order valence-corrected chi connectivity index (χ0v) is 10.8. The van der Waals surface area contributed by atoms with E-state index < -0.39 is 9.04 Å². The van der Waals surface area contributed by atoms with Crippen LogP contribution in [0.15, 0.2) is 30.3 Å². The summed E-state index contributed by atoms with van der Waals surface area (Å²) in [5.41, 5.74) is 1.40. The van der Waals surface area contributed by atoms with E-state index in [4.69, 9.17) is 0 Å². The molecule has 1 nitrogen and oxygen atoms in total. The Morgan fingerprint density at radius 3 is 2.40 bits per heavy atom. The number of rotatable bonds is 7. The highest BCUT2D eigenvalue weighted by atomic mass is 28.3. The normalized spacial score (nSPS) is 12.7. The number of unbranched alkanes of at least 4 members (excludes halogenated alkanes) is 1. The molecular formula is C13H22OSi. The maximum absolute atomic E-state index is 9.80. The molecule has 0 aromatic heterocycles. The quantitative estimate of drug-likeness (QED) is 0.703. The topological polar surface area (TPSA) is 20.2 Å². The lowest BCUT2D eigenvalue weighted by atomic mass is 10.1. The molecule has 0 aliphatic rings. The van der Waals surface area contributed by atoms with Crippen molar-refractivity contribution in [2.45, 2.75) is 44.7 Å². The molecule has 84 valence electrons. The first-order valence-corrected chi connectivity index (χ1v) is 8.20. The molecule has 1 rings (SSSR count). The Morgan fingerprint density at radius 1 is 1.07 bits per heavy atom. The summed E-state index contributed by atoms with van der Waals surface area (Å²) in [6.07, 6.45) is 4.69. The molecular weight excluding hydrogens is 200 g/mol. The van der Waals surface area contributed by atoms with Crippen LogP contribution in [0.2, 0.25) is 12.1 Å². The summed E-state index contributed by atoms with van der Waals surface area (Å²) in [5, 5.41) is 0. The third-order valence-electron chi connectivity index (χ3n) is 2.74. The molecule has 0 aliphatic carbocycles. The average molecular weight is 222 g/mol. The van der Waals surface area contributed by atoms with Crippen molar-refractivity contribution in [3.63, 3.8) is 0 Å². The predicted octanol–water partition coefficient (Wildman–Crippen LogP) is 3.14. The van der Waals surface area contributed by atoms with Crippen molar-refractivity contribution in [2.75, 3.05) is 0 Å². The number of benzene rings is 1. The van der Waals surface area contributed by atoms with Gasteiger partial charge in [0, 0.05) is 0 Å². The Labute approximate surface area is 94.9 Å². The minimum absolute atomic E-state index is 1.08. The van der Waals surface area contributed by atoms with Gasteiger partial charge in [-0.2, -0.15) is 0 Å². The van der Waals surface area contributed by atoms with E-state index in [9.17, 15) is 4.80 Å². The molecule has 1 aromatic rings. The summed E-state index contributed by atoms with van der Waals surface area (Å²) < 4.78 is 0. The van der Waals surface area contributed by atoms with Gasteiger partial charge in [-0.05, 0) is 30.5 Å². The van der Waals surface area contributed by atoms with Gasteiger partial charge in [-0.25, -0.2) is 0 Å². The standard InChI is InChI=1S/C13H22OSi/c1-2-3-11-15(14)12-7-10-13-8-5-4-6-9-13/h4-6,8-9,14-15H,2-3,7,10-12H2,1H3.